The number of benzene rings is 2. The van der Waals surface area contributed by atoms with E-state index in [2.05, 4.69) is 41.0 Å². The average Bonchev–Trinajstić information content (AvgIpc) is 2.61. The molecule has 128 valence electrons. The highest BCUT2D eigenvalue weighted by molar-refractivity contribution is 7.89. The van der Waals surface area contributed by atoms with Gasteiger partial charge in [0.2, 0.25) is 10.0 Å². The molecule has 1 heterocycles. The number of primary sulfonamides is 1. The standard InChI is InChI=1S/C18H23N3O2S/c1-15(16-5-3-2-4-6-16)20-11-13-21(14-12-20)17-7-9-18(10-8-17)24(19,22)23/h2-10,15H,11-14H2,1H3,(H2,19,22,23). The Morgan fingerprint density at radius 3 is 2.04 bits per heavy atom. The van der Waals surface area contributed by atoms with Gasteiger partial charge in [-0.2, -0.15) is 0 Å². The fourth-order valence-electron chi connectivity index (χ4n) is 3.16. The first-order valence-corrected chi connectivity index (χ1v) is 9.66. The van der Waals surface area contributed by atoms with E-state index in [1.807, 2.05) is 18.2 Å². The second-order valence-electron chi connectivity index (χ2n) is 6.15. The fraction of sp³-hybridized carbons (Fsp3) is 0.333. The second kappa shape index (κ2) is 6.93. The van der Waals surface area contributed by atoms with E-state index in [-0.39, 0.29) is 4.90 Å². The highest BCUT2D eigenvalue weighted by atomic mass is 32.2. The lowest BCUT2D eigenvalue weighted by atomic mass is 10.1. The van der Waals surface area contributed by atoms with Crippen molar-refractivity contribution in [3.05, 3.63) is 60.2 Å². The maximum absolute atomic E-state index is 11.3. The Hall–Kier alpha value is -1.89. The lowest BCUT2D eigenvalue weighted by Gasteiger charge is -2.39. The lowest BCUT2D eigenvalue weighted by molar-refractivity contribution is 0.198. The van der Waals surface area contributed by atoms with E-state index in [0.29, 0.717) is 6.04 Å². The molecule has 0 radical (unpaired) electrons. The van der Waals surface area contributed by atoms with Crippen molar-refractivity contribution in [2.45, 2.75) is 17.9 Å². The summed E-state index contributed by atoms with van der Waals surface area (Å²) in [4.78, 5) is 4.91. The minimum absolute atomic E-state index is 0.155. The summed E-state index contributed by atoms with van der Waals surface area (Å²) in [6.07, 6.45) is 0. The largest absolute Gasteiger partial charge is 0.369 e. The van der Waals surface area contributed by atoms with Crippen molar-refractivity contribution < 1.29 is 8.42 Å². The molecule has 5 nitrogen and oxygen atoms in total. The molecular weight excluding hydrogens is 322 g/mol. The predicted octanol–water partition coefficient (Wildman–Crippen LogP) is 2.22. The molecule has 6 heteroatoms. The number of hydrogen-bond donors (Lipinski definition) is 1. The van der Waals surface area contributed by atoms with E-state index < -0.39 is 10.0 Å². The molecule has 1 aliphatic heterocycles. The molecule has 0 spiro atoms. The van der Waals surface area contributed by atoms with Gasteiger partial charge in [0.1, 0.15) is 0 Å². The minimum Gasteiger partial charge on any atom is -0.369 e. The highest BCUT2D eigenvalue weighted by Gasteiger charge is 2.22. The quantitative estimate of drug-likeness (QED) is 0.923. The maximum atomic E-state index is 11.3. The van der Waals surface area contributed by atoms with Crippen molar-refractivity contribution in [1.82, 2.24) is 4.90 Å². The number of nitrogens with zero attached hydrogens (tertiary/aromatic N) is 2. The summed E-state index contributed by atoms with van der Waals surface area (Å²) in [6.45, 7) is 6.05. The summed E-state index contributed by atoms with van der Waals surface area (Å²) in [5.74, 6) is 0. The number of nitrogens with two attached hydrogens (primary N) is 1. The molecule has 24 heavy (non-hydrogen) atoms. The Morgan fingerprint density at radius 2 is 1.50 bits per heavy atom. The van der Waals surface area contributed by atoms with Gasteiger partial charge in [-0.1, -0.05) is 30.3 Å². The summed E-state index contributed by atoms with van der Waals surface area (Å²) in [7, 11) is -3.63. The molecule has 0 aliphatic carbocycles. The van der Waals surface area contributed by atoms with Crippen LogP contribution in [0.2, 0.25) is 0 Å². The number of sulfonamides is 1. The average molecular weight is 345 g/mol. The SMILES string of the molecule is CC(c1ccccc1)N1CCN(c2ccc(S(N)(=O)=O)cc2)CC1. The first-order chi connectivity index (χ1) is 11.4. The van der Waals surface area contributed by atoms with Crippen LogP contribution in [0.3, 0.4) is 0 Å². The molecule has 2 aromatic rings. The van der Waals surface area contributed by atoms with Crippen LogP contribution in [-0.4, -0.2) is 39.5 Å². The normalized spacial score (nSPS) is 17.7. The van der Waals surface area contributed by atoms with Gasteiger partial charge in [0.15, 0.2) is 0 Å². The van der Waals surface area contributed by atoms with Gasteiger partial charge in [0, 0.05) is 37.9 Å². The number of hydrogen-bond acceptors (Lipinski definition) is 4. The Balaban J connectivity index is 1.63. The van der Waals surface area contributed by atoms with E-state index in [1.165, 1.54) is 5.56 Å². The van der Waals surface area contributed by atoms with Crippen LogP contribution in [0.5, 0.6) is 0 Å². The molecule has 1 aliphatic rings. The van der Waals surface area contributed by atoms with E-state index in [1.54, 1.807) is 12.1 Å². The molecular formula is C18H23N3O2S. The highest BCUT2D eigenvalue weighted by Crippen LogP contribution is 2.24. The van der Waals surface area contributed by atoms with Gasteiger partial charge in [-0.25, -0.2) is 13.6 Å². The molecule has 3 rings (SSSR count). The van der Waals surface area contributed by atoms with E-state index in [9.17, 15) is 8.42 Å². The second-order valence-corrected chi connectivity index (χ2v) is 7.71. The van der Waals surface area contributed by atoms with Gasteiger partial charge in [0.25, 0.3) is 0 Å². The lowest BCUT2D eigenvalue weighted by Crippen LogP contribution is -2.47. The monoisotopic (exact) mass is 345 g/mol. The van der Waals surface area contributed by atoms with Crippen LogP contribution in [0.1, 0.15) is 18.5 Å². The summed E-state index contributed by atoms with van der Waals surface area (Å²) in [5.41, 5.74) is 2.37. The molecule has 1 saturated heterocycles. The summed E-state index contributed by atoms with van der Waals surface area (Å²) in [6, 6.07) is 17.7. The molecule has 1 fully saturated rings. The number of anilines is 1. The topological polar surface area (TPSA) is 66.6 Å². The summed E-state index contributed by atoms with van der Waals surface area (Å²) < 4.78 is 22.7. The third kappa shape index (κ3) is 3.77. The van der Waals surface area contributed by atoms with Crippen LogP contribution in [-0.2, 0) is 10.0 Å². The van der Waals surface area contributed by atoms with Crippen molar-refractivity contribution in [3.8, 4) is 0 Å². The smallest absolute Gasteiger partial charge is 0.238 e. The van der Waals surface area contributed by atoms with Crippen LogP contribution in [0.15, 0.2) is 59.5 Å². The van der Waals surface area contributed by atoms with Crippen molar-refractivity contribution in [2.24, 2.45) is 5.14 Å². The molecule has 1 atom stereocenters. The van der Waals surface area contributed by atoms with E-state index in [4.69, 9.17) is 5.14 Å². The van der Waals surface area contributed by atoms with Crippen LogP contribution < -0.4 is 10.0 Å². The zero-order chi connectivity index (χ0) is 17.2. The van der Waals surface area contributed by atoms with E-state index in [0.717, 1.165) is 31.9 Å². The van der Waals surface area contributed by atoms with Crippen molar-refractivity contribution in [3.63, 3.8) is 0 Å². The van der Waals surface area contributed by atoms with E-state index >= 15 is 0 Å². The Bertz CT molecular complexity index is 768. The van der Waals surface area contributed by atoms with Crippen LogP contribution in [0, 0.1) is 0 Å². The van der Waals surface area contributed by atoms with Gasteiger partial charge < -0.3 is 4.90 Å². The first-order valence-electron chi connectivity index (χ1n) is 8.12. The number of rotatable bonds is 4. The molecule has 0 aromatic heterocycles. The van der Waals surface area contributed by atoms with Gasteiger partial charge in [0.05, 0.1) is 4.90 Å². The predicted molar refractivity (Wildman–Crippen MR) is 96.5 cm³/mol. The molecule has 0 bridgehead atoms. The Kier molecular flexibility index (Phi) is 4.89. The zero-order valence-electron chi connectivity index (χ0n) is 13.8. The fourth-order valence-corrected chi connectivity index (χ4v) is 3.67. The Labute approximate surface area is 143 Å². The molecule has 0 saturated carbocycles. The third-order valence-corrected chi connectivity index (χ3v) is 5.60. The van der Waals surface area contributed by atoms with Gasteiger partial charge in [-0.15, -0.1) is 0 Å². The number of piperazine rings is 1. The molecule has 2 N–H and O–H groups in total. The van der Waals surface area contributed by atoms with Crippen molar-refractivity contribution in [2.75, 3.05) is 31.1 Å². The van der Waals surface area contributed by atoms with Gasteiger partial charge in [-0.05, 0) is 36.8 Å². The summed E-state index contributed by atoms with van der Waals surface area (Å²) >= 11 is 0. The van der Waals surface area contributed by atoms with Crippen LogP contribution in [0.25, 0.3) is 0 Å². The van der Waals surface area contributed by atoms with Gasteiger partial charge in [-0.3, -0.25) is 4.90 Å². The van der Waals surface area contributed by atoms with Crippen molar-refractivity contribution in [1.29, 1.82) is 0 Å². The first kappa shape index (κ1) is 17.0. The summed E-state index contributed by atoms with van der Waals surface area (Å²) in [5, 5.41) is 5.14. The van der Waals surface area contributed by atoms with Gasteiger partial charge >= 0.3 is 0 Å². The zero-order valence-corrected chi connectivity index (χ0v) is 14.6. The van der Waals surface area contributed by atoms with Crippen LogP contribution >= 0.6 is 0 Å². The molecule has 2 aromatic carbocycles. The maximum Gasteiger partial charge on any atom is 0.238 e. The molecule has 0 amide bonds. The van der Waals surface area contributed by atoms with Crippen LogP contribution in [0.4, 0.5) is 5.69 Å². The Morgan fingerprint density at radius 1 is 0.917 bits per heavy atom. The minimum atomic E-state index is -3.63. The third-order valence-electron chi connectivity index (χ3n) is 4.67. The van der Waals surface area contributed by atoms with Crippen molar-refractivity contribution >= 4 is 15.7 Å². The molecule has 1 unspecified atom stereocenters.